The van der Waals surface area contributed by atoms with Gasteiger partial charge >= 0.3 is 7.12 Å². The molecule has 0 unspecified atom stereocenters. The largest absolute Gasteiger partial charge is 0.494 e. The van der Waals surface area contributed by atoms with Crippen LogP contribution in [0.3, 0.4) is 0 Å². The Balaban J connectivity index is 0.000000247. The SMILES string of the molecule is Brc1cnc2nnn(Cc3ccc4nccn4c3)c2n1.C.C.C.C.C.C.CP(C)(=O)c1ccc(-c2cnc3nnn(Cc4ccc5nccn5c4)c3n2)cc1.CP(C)c1ccc(B2OC(C)(C)C(C)(C)O2)cc1.NCc1ccc2nccn2c1.Nc1ncc(Br)nc1Br.Nc1ncc(Br)nc1NCc1ccc2nccn2c1.O. The van der Waals surface area contributed by atoms with E-state index in [0.29, 0.717) is 84.6 Å². The summed E-state index contributed by atoms with van der Waals surface area (Å²) in [6, 6.07) is 32.1. The molecule has 14 aromatic heterocycles. The zero-order valence-corrected chi connectivity index (χ0v) is 67.2. The average molecular weight is 1830 g/mol. The monoisotopic (exact) mass is 1830 g/mol. The third-order valence-corrected chi connectivity index (χ3v) is 21.4. The number of nitrogens with two attached hydrogens (primary N) is 3. The van der Waals surface area contributed by atoms with Crippen LogP contribution < -0.4 is 38.6 Å². The van der Waals surface area contributed by atoms with Crippen molar-refractivity contribution in [1.29, 1.82) is 0 Å². The van der Waals surface area contributed by atoms with Crippen molar-refractivity contribution in [3.05, 3.63) is 237 Å². The fourth-order valence-electron chi connectivity index (χ4n) is 10.4. The second-order valence-corrected chi connectivity index (χ2v) is 34.2. The van der Waals surface area contributed by atoms with E-state index in [2.05, 4.69) is 210 Å². The highest BCUT2D eigenvalue weighted by molar-refractivity contribution is 9.11. The molecule has 30 nitrogen and oxygen atoms in total. The van der Waals surface area contributed by atoms with Gasteiger partial charge in [0, 0.05) is 98.3 Å². The Bertz CT molecular complexity index is 5740. The fraction of sp³-hybridized carbons (Fsp3) is 0.263. The molecule has 15 heterocycles. The van der Waals surface area contributed by atoms with Crippen LogP contribution in [0, 0.1) is 0 Å². The Morgan fingerprint density at radius 2 is 0.920 bits per heavy atom. The van der Waals surface area contributed by atoms with Gasteiger partial charge in [0.15, 0.2) is 28.7 Å². The lowest BCUT2D eigenvalue weighted by atomic mass is 9.79. The van der Waals surface area contributed by atoms with Gasteiger partial charge < -0.3 is 59.5 Å². The molecule has 0 atom stereocenters. The van der Waals surface area contributed by atoms with Gasteiger partial charge in [-0.15, -0.1) is 10.2 Å². The van der Waals surface area contributed by atoms with Crippen LogP contribution in [0.4, 0.5) is 17.5 Å². The maximum Gasteiger partial charge on any atom is 0.494 e. The van der Waals surface area contributed by atoms with Crippen molar-refractivity contribution in [2.24, 2.45) is 5.73 Å². The summed E-state index contributed by atoms with van der Waals surface area (Å²) in [6.45, 7) is 18.7. The highest BCUT2D eigenvalue weighted by Crippen LogP contribution is 2.37. The topological polar surface area (TPSA) is 391 Å². The highest BCUT2D eigenvalue weighted by Gasteiger charge is 2.51. The van der Waals surface area contributed by atoms with Crippen LogP contribution in [0.15, 0.2) is 215 Å². The molecule has 0 radical (unpaired) electrons. The van der Waals surface area contributed by atoms with E-state index in [-0.39, 0.29) is 76.3 Å². The van der Waals surface area contributed by atoms with E-state index in [1.807, 2.05) is 140 Å². The van der Waals surface area contributed by atoms with Crippen LogP contribution in [0.2, 0.25) is 0 Å². The number of benzene rings is 2. The number of halogens is 4. The number of anilines is 3. The molecule has 113 heavy (non-hydrogen) atoms. The van der Waals surface area contributed by atoms with Gasteiger partial charge in [0.25, 0.3) is 0 Å². The number of hydrogen-bond acceptors (Lipinski definition) is 23. The number of hydrogen-bond donors (Lipinski definition) is 4. The standard InChI is InChI=1S/C20H18N7OP.C14H22BO2P.C12H8BrN7.C12H11BrN6.C8H9N3.C4H3Br2N3.6CH4.H2O/c1-29(2,28)16-6-4-15(5-7-16)17-11-22-19-20(23-17)27(25-24-19)13-14-3-8-18-21-9-10-26(18)12-14;1-13(2)14(3,4)17-15(16-13)11-7-9-12(10-8-11)18(5)6;13-9-5-15-11-12(16-9)20(18-17-11)7-8-1-2-10-14-3-4-19(10)6-8;13-9-6-16-11(14)12(18-9)17-5-8-1-2-10-15-3-4-19(10)7-8;9-5-7-1-2-8-10-3-4-11(8)6-7;5-2-1-8-4(7)3(6)9-2;;;;;;;/h3-12H,13H2,1-2H3;7-10H,1-6H3;1-6H,7H2;1-4,6-7H,5H2,(H2,14,16)(H,17,18);1-4,6H,5,9H2;1H,(H2,7,8);6*1H4;1H2. The molecule has 2 aromatic carbocycles. The summed E-state index contributed by atoms with van der Waals surface area (Å²) < 4.78 is 38.2. The van der Waals surface area contributed by atoms with Gasteiger partial charge in [-0.1, -0.05) is 136 Å². The van der Waals surface area contributed by atoms with Gasteiger partial charge in [-0.05, 0) is 175 Å². The van der Waals surface area contributed by atoms with E-state index in [1.165, 1.54) is 5.30 Å². The van der Waals surface area contributed by atoms with Gasteiger partial charge in [0.2, 0.25) is 11.3 Å². The molecule has 16 aromatic rings. The molecule has 0 bridgehead atoms. The molecule has 1 aliphatic heterocycles. The minimum atomic E-state index is -2.29. The first-order valence-electron chi connectivity index (χ1n) is 32.7. The Morgan fingerprint density at radius 3 is 1.38 bits per heavy atom. The molecule has 1 fully saturated rings. The van der Waals surface area contributed by atoms with Crippen LogP contribution in [0.25, 0.3) is 56.4 Å². The molecule has 37 heteroatoms. The van der Waals surface area contributed by atoms with Gasteiger partial charge in [0.05, 0.1) is 54.8 Å². The summed E-state index contributed by atoms with van der Waals surface area (Å²) in [7, 11) is -2.57. The first kappa shape index (κ1) is 93.8. The minimum Gasteiger partial charge on any atom is -0.412 e. The smallest absolute Gasteiger partial charge is 0.412 e. The molecule has 9 N–H and O–H groups in total. The predicted molar refractivity (Wildman–Crippen MR) is 473 cm³/mol. The van der Waals surface area contributed by atoms with E-state index in [0.717, 1.165) is 66.9 Å². The number of nitrogen functional groups attached to an aromatic ring is 2. The highest BCUT2D eigenvalue weighted by atomic mass is 79.9. The van der Waals surface area contributed by atoms with E-state index in [1.54, 1.807) is 72.3 Å². The van der Waals surface area contributed by atoms with E-state index >= 15 is 0 Å². The number of nitrogens with zero attached hydrogens (tertiary/aromatic N) is 22. The van der Waals surface area contributed by atoms with Crippen molar-refractivity contribution in [1.82, 2.24) is 107 Å². The quantitative estimate of drug-likeness (QED) is 0.0652. The maximum atomic E-state index is 12.2. The summed E-state index contributed by atoms with van der Waals surface area (Å²) in [5.41, 5.74) is 29.2. The molecule has 17 rings (SSSR count). The lowest BCUT2D eigenvalue weighted by Crippen LogP contribution is -2.41. The van der Waals surface area contributed by atoms with Crippen molar-refractivity contribution in [2.45, 2.75) is 110 Å². The molecular formula is C76H97BBr4N26O4P2. The Hall–Kier alpha value is -9.80. The normalized spacial score (nSPS) is 12.2. The number of aromatic nitrogens is 22. The lowest BCUT2D eigenvalue weighted by Gasteiger charge is -2.32. The first-order chi connectivity index (χ1) is 50.8. The lowest BCUT2D eigenvalue weighted by molar-refractivity contribution is 0.00578. The molecule has 0 aliphatic carbocycles. The Labute approximate surface area is 693 Å². The van der Waals surface area contributed by atoms with E-state index in [4.69, 9.17) is 31.5 Å². The fourth-order valence-corrected chi connectivity index (χ4v) is 13.4. The van der Waals surface area contributed by atoms with E-state index < -0.39 is 7.14 Å². The summed E-state index contributed by atoms with van der Waals surface area (Å²) in [4.78, 5) is 50.4. The summed E-state index contributed by atoms with van der Waals surface area (Å²) in [6.07, 6.45) is 29.2. The number of pyridine rings is 4. The second-order valence-electron chi connectivity index (χ2n) is 25.5. The van der Waals surface area contributed by atoms with Gasteiger partial charge in [-0.25, -0.2) is 69.2 Å². The van der Waals surface area contributed by atoms with Gasteiger partial charge in [-0.3, -0.25) is 0 Å². The zero-order valence-electron chi connectivity index (χ0n) is 59.1. The third-order valence-electron chi connectivity index (χ3n) is 16.8. The Kier molecular flexibility index (Phi) is 34.3. The number of imidazole rings is 4. The maximum absolute atomic E-state index is 12.2. The molecule has 0 saturated carbocycles. The van der Waals surface area contributed by atoms with Crippen molar-refractivity contribution in [3.63, 3.8) is 0 Å². The molecular weight excluding hydrogens is 1730 g/mol. The van der Waals surface area contributed by atoms with Crippen molar-refractivity contribution in [3.8, 4) is 11.3 Å². The van der Waals surface area contributed by atoms with Crippen molar-refractivity contribution in [2.75, 3.05) is 43.4 Å². The van der Waals surface area contributed by atoms with Crippen LogP contribution in [-0.2, 0) is 40.1 Å². The third kappa shape index (κ3) is 23.7. The molecule has 1 aliphatic rings. The first-order valence-corrected chi connectivity index (χ1v) is 40.7. The van der Waals surface area contributed by atoms with Crippen molar-refractivity contribution >= 4 is 165 Å². The predicted octanol–water partition coefficient (Wildman–Crippen LogP) is 14.3. The number of fused-ring (bicyclic) bond motifs is 6. The average Bonchev–Trinajstić information content (AvgIpc) is 0.976. The van der Waals surface area contributed by atoms with E-state index in [9.17, 15) is 4.57 Å². The second kappa shape index (κ2) is 41.3. The van der Waals surface area contributed by atoms with Crippen LogP contribution in [-0.4, -0.2) is 158 Å². The summed E-state index contributed by atoms with van der Waals surface area (Å²) >= 11 is 12.8. The molecule has 1 saturated heterocycles. The molecule has 0 spiro atoms. The van der Waals surface area contributed by atoms with Crippen LogP contribution >= 0.6 is 78.8 Å². The molecule has 0 amide bonds. The van der Waals surface area contributed by atoms with Crippen LogP contribution in [0.5, 0.6) is 0 Å². The Morgan fingerprint density at radius 1 is 0.504 bits per heavy atom. The van der Waals surface area contributed by atoms with Crippen LogP contribution in [0.1, 0.15) is 94.5 Å². The number of rotatable bonds is 12. The van der Waals surface area contributed by atoms with Gasteiger partial charge in [-0.2, -0.15) is 0 Å². The summed E-state index contributed by atoms with van der Waals surface area (Å²) in [5, 5.41) is 21.9. The summed E-state index contributed by atoms with van der Waals surface area (Å²) in [5.74, 6) is 1.35. The minimum absolute atomic E-state index is 0. The molecule has 596 valence electrons. The number of nitrogens with one attached hydrogen (secondary N) is 1. The van der Waals surface area contributed by atoms with Crippen molar-refractivity contribution < 1.29 is 19.3 Å². The zero-order chi connectivity index (χ0) is 74.9. The van der Waals surface area contributed by atoms with Gasteiger partial charge in [0.1, 0.15) is 48.1 Å².